The molecule has 0 fully saturated rings. The predicted molar refractivity (Wildman–Crippen MR) is 71.3 cm³/mol. The highest BCUT2D eigenvalue weighted by atomic mass is 79.9. The lowest BCUT2D eigenvalue weighted by atomic mass is 10.0. The van der Waals surface area contributed by atoms with Gasteiger partial charge in [-0.1, -0.05) is 15.9 Å². The summed E-state index contributed by atoms with van der Waals surface area (Å²) < 4.78 is 6.72. The van der Waals surface area contributed by atoms with E-state index in [1.165, 1.54) is 5.56 Å². The third-order valence-corrected chi connectivity index (χ3v) is 3.48. The maximum absolute atomic E-state index is 8.74. The molecule has 0 radical (unpaired) electrons. The molecular weight excluding hydrogens is 282 g/mol. The van der Waals surface area contributed by atoms with Gasteiger partial charge in [-0.2, -0.15) is 0 Å². The van der Waals surface area contributed by atoms with E-state index in [0.717, 1.165) is 42.6 Å². The Kier molecular flexibility index (Phi) is 4.83. The Morgan fingerprint density at radius 3 is 3.12 bits per heavy atom. The van der Waals surface area contributed by atoms with Crippen LogP contribution in [0.2, 0.25) is 0 Å². The number of rotatable bonds is 5. The van der Waals surface area contributed by atoms with E-state index < -0.39 is 0 Å². The molecule has 0 saturated heterocycles. The number of benzene rings is 1. The first-order valence-electron chi connectivity index (χ1n) is 6.08. The van der Waals surface area contributed by atoms with E-state index in [9.17, 15) is 0 Å². The van der Waals surface area contributed by atoms with Crippen LogP contribution in [0.25, 0.3) is 0 Å². The molecule has 94 valence electrons. The summed E-state index contributed by atoms with van der Waals surface area (Å²) in [5, 5.41) is 12.3. The fraction of sp³-hybridized carbons (Fsp3) is 0.538. The van der Waals surface area contributed by atoms with Gasteiger partial charge in [-0.25, -0.2) is 0 Å². The normalized spacial score (nSPS) is 18.6. The highest BCUT2D eigenvalue weighted by Gasteiger charge is 2.20. The van der Waals surface area contributed by atoms with Crippen LogP contribution in [0.3, 0.4) is 0 Å². The third kappa shape index (κ3) is 3.44. The van der Waals surface area contributed by atoms with Crippen molar-refractivity contribution >= 4 is 15.9 Å². The molecule has 2 N–H and O–H groups in total. The van der Waals surface area contributed by atoms with E-state index >= 15 is 0 Å². The number of nitrogens with one attached hydrogen (secondary N) is 1. The van der Waals surface area contributed by atoms with Gasteiger partial charge >= 0.3 is 0 Å². The molecule has 0 amide bonds. The summed E-state index contributed by atoms with van der Waals surface area (Å²) in [7, 11) is 0. The van der Waals surface area contributed by atoms with Gasteiger partial charge in [-0.05, 0) is 37.6 Å². The molecule has 1 aromatic rings. The fourth-order valence-electron chi connectivity index (χ4n) is 2.09. The van der Waals surface area contributed by atoms with Gasteiger partial charge < -0.3 is 15.2 Å². The molecule has 0 spiro atoms. The summed E-state index contributed by atoms with van der Waals surface area (Å²) in [5.74, 6) is 0.985. The summed E-state index contributed by atoms with van der Waals surface area (Å²) in [6.45, 7) is 1.99. The van der Waals surface area contributed by atoms with Crippen molar-refractivity contribution < 1.29 is 9.84 Å². The van der Waals surface area contributed by atoms with E-state index in [4.69, 9.17) is 9.84 Å². The molecule has 4 heteroatoms. The second-order valence-electron chi connectivity index (χ2n) is 4.26. The van der Waals surface area contributed by atoms with E-state index in [1.807, 2.05) is 12.1 Å². The van der Waals surface area contributed by atoms with Crippen LogP contribution in [-0.4, -0.2) is 24.9 Å². The lowest BCUT2D eigenvalue weighted by Gasteiger charge is -2.27. The van der Waals surface area contributed by atoms with Crippen LogP contribution in [0.4, 0.5) is 0 Å². The first-order chi connectivity index (χ1) is 8.31. The molecule has 1 unspecified atom stereocenters. The molecule has 1 aliphatic heterocycles. The van der Waals surface area contributed by atoms with E-state index in [2.05, 4.69) is 27.3 Å². The van der Waals surface area contributed by atoms with Crippen LogP contribution in [-0.2, 0) is 0 Å². The molecule has 0 bridgehead atoms. The average molecular weight is 300 g/mol. The number of aliphatic hydroxyl groups is 1. The molecule has 3 nitrogen and oxygen atoms in total. The lowest BCUT2D eigenvalue weighted by molar-refractivity contribution is 0.249. The van der Waals surface area contributed by atoms with Gasteiger partial charge in [0.1, 0.15) is 5.75 Å². The summed E-state index contributed by atoms with van der Waals surface area (Å²) in [4.78, 5) is 0. The molecule has 1 heterocycles. The predicted octanol–water partition coefficient (Wildman–Crippen LogP) is 2.63. The maximum atomic E-state index is 8.74. The number of hydrogen-bond acceptors (Lipinski definition) is 3. The van der Waals surface area contributed by atoms with Crippen molar-refractivity contribution in [2.24, 2.45) is 0 Å². The topological polar surface area (TPSA) is 41.5 Å². The van der Waals surface area contributed by atoms with Gasteiger partial charge in [0.2, 0.25) is 0 Å². The first-order valence-corrected chi connectivity index (χ1v) is 6.87. The summed E-state index contributed by atoms with van der Waals surface area (Å²) in [6, 6.07) is 6.52. The number of unbranched alkanes of at least 4 members (excludes halogenated alkanes) is 1. The molecule has 0 saturated carbocycles. The van der Waals surface area contributed by atoms with Crippen LogP contribution >= 0.6 is 15.9 Å². The highest BCUT2D eigenvalue weighted by Crippen LogP contribution is 2.33. The number of ether oxygens (including phenoxy) is 1. The molecule has 0 aliphatic carbocycles. The lowest BCUT2D eigenvalue weighted by Crippen LogP contribution is -2.28. The van der Waals surface area contributed by atoms with E-state index in [-0.39, 0.29) is 6.61 Å². The summed E-state index contributed by atoms with van der Waals surface area (Å²) in [5.41, 5.74) is 1.23. The van der Waals surface area contributed by atoms with Crippen LogP contribution in [0.5, 0.6) is 5.75 Å². The van der Waals surface area contributed by atoms with Gasteiger partial charge in [0.15, 0.2) is 0 Å². The van der Waals surface area contributed by atoms with Crippen molar-refractivity contribution in [1.82, 2.24) is 5.32 Å². The Bertz CT molecular complexity index is 370. The average Bonchev–Trinajstić information content (AvgIpc) is 2.35. The summed E-state index contributed by atoms with van der Waals surface area (Å²) in [6.07, 6.45) is 2.88. The summed E-state index contributed by atoms with van der Waals surface area (Å²) >= 11 is 3.49. The second kappa shape index (κ2) is 6.38. The third-order valence-electron chi connectivity index (χ3n) is 2.99. The Morgan fingerprint density at radius 1 is 1.41 bits per heavy atom. The minimum atomic E-state index is 0.275. The fourth-order valence-corrected chi connectivity index (χ4v) is 2.47. The number of hydrogen-bond donors (Lipinski definition) is 2. The minimum Gasteiger partial charge on any atom is -0.493 e. The van der Waals surface area contributed by atoms with E-state index in [1.54, 1.807) is 0 Å². The maximum Gasteiger partial charge on any atom is 0.124 e. The van der Waals surface area contributed by atoms with Gasteiger partial charge in [0.25, 0.3) is 0 Å². The molecule has 1 aliphatic rings. The SMILES string of the molecule is OCCCCNC1CCOc2ccc(Br)cc21. The standard InChI is InChI=1S/C13H18BrNO2/c14-10-3-4-13-11(9-10)12(5-8-17-13)15-6-1-2-7-16/h3-4,9,12,15-16H,1-2,5-8H2. The number of halogens is 1. The molecular formula is C13H18BrNO2. The smallest absolute Gasteiger partial charge is 0.124 e. The Balaban J connectivity index is 1.98. The molecule has 0 aromatic heterocycles. The van der Waals surface area contributed by atoms with Gasteiger partial charge in [-0.3, -0.25) is 0 Å². The number of fused-ring (bicyclic) bond motifs is 1. The van der Waals surface area contributed by atoms with Crippen LogP contribution in [0, 0.1) is 0 Å². The van der Waals surface area contributed by atoms with Crippen molar-refractivity contribution in [3.05, 3.63) is 28.2 Å². The highest BCUT2D eigenvalue weighted by molar-refractivity contribution is 9.10. The zero-order chi connectivity index (χ0) is 12.1. The minimum absolute atomic E-state index is 0.275. The van der Waals surface area contributed by atoms with E-state index in [0.29, 0.717) is 6.04 Å². The number of aliphatic hydroxyl groups excluding tert-OH is 1. The van der Waals surface area contributed by atoms with Crippen LogP contribution in [0.15, 0.2) is 22.7 Å². The molecule has 1 atom stereocenters. The van der Waals surface area contributed by atoms with Crippen molar-refractivity contribution in [1.29, 1.82) is 0 Å². The van der Waals surface area contributed by atoms with Crippen molar-refractivity contribution in [3.8, 4) is 5.75 Å². The zero-order valence-corrected chi connectivity index (χ0v) is 11.4. The largest absolute Gasteiger partial charge is 0.493 e. The molecule has 17 heavy (non-hydrogen) atoms. The van der Waals surface area contributed by atoms with Gasteiger partial charge in [0.05, 0.1) is 6.61 Å². The Hall–Kier alpha value is -0.580. The molecule has 1 aromatic carbocycles. The van der Waals surface area contributed by atoms with Gasteiger partial charge in [0, 0.05) is 29.1 Å². The first kappa shape index (κ1) is 12.9. The Labute approximate surface area is 110 Å². The Morgan fingerprint density at radius 2 is 2.29 bits per heavy atom. The van der Waals surface area contributed by atoms with Crippen LogP contribution in [0.1, 0.15) is 30.9 Å². The second-order valence-corrected chi connectivity index (χ2v) is 5.17. The van der Waals surface area contributed by atoms with Crippen LogP contribution < -0.4 is 10.1 Å². The molecule has 2 rings (SSSR count). The van der Waals surface area contributed by atoms with Crippen molar-refractivity contribution in [3.63, 3.8) is 0 Å². The quantitative estimate of drug-likeness (QED) is 0.821. The van der Waals surface area contributed by atoms with Crippen molar-refractivity contribution in [2.75, 3.05) is 19.8 Å². The van der Waals surface area contributed by atoms with Crippen molar-refractivity contribution in [2.45, 2.75) is 25.3 Å². The monoisotopic (exact) mass is 299 g/mol. The zero-order valence-electron chi connectivity index (χ0n) is 9.79. The van der Waals surface area contributed by atoms with Gasteiger partial charge in [-0.15, -0.1) is 0 Å².